The lowest BCUT2D eigenvalue weighted by molar-refractivity contribution is 0.486. The second-order valence-corrected chi connectivity index (χ2v) is 4.14. The van der Waals surface area contributed by atoms with Crippen LogP contribution in [0.3, 0.4) is 0 Å². The Hall–Kier alpha value is -1.89. The van der Waals surface area contributed by atoms with Gasteiger partial charge in [0.15, 0.2) is 11.6 Å². The van der Waals surface area contributed by atoms with Crippen LogP contribution in [0.15, 0.2) is 18.5 Å². The first-order valence-electron chi connectivity index (χ1n) is 5.75. The number of rotatable bonds is 5. The summed E-state index contributed by atoms with van der Waals surface area (Å²) >= 11 is 0. The minimum atomic E-state index is -1.18. The van der Waals surface area contributed by atoms with Crippen molar-refractivity contribution in [2.75, 3.05) is 6.54 Å². The number of nitrogens with zero attached hydrogens (tertiary/aromatic N) is 3. The summed E-state index contributed by atoms with van der Waals surface area (Å²) in [5.41, 5.74) is 0.0943. The van der Waals surface area contributed by atoms with Gasteiger partial charge in [0, 0.05) is 38.2 Å². The molecule has 19 heavy (non-hydrogen) atoms. The molecule has 7 heteroatoms. The molecule has 0 aliphatic rings. The van der Waals surface area contributed by atoms with Crippen molar-refractivity contribution in [1.82, 2.24) is 20.1 Å². The van der Waals surface area contributed by atoms with Crippen LogP contribution in [0.2, 0.25) is 0 Å². The molecule has 0 aliphatic heterocycles. The predicted octanol–water partition coefficient (Wildman–Crippen LogP) is 1.56. The highest BCUT2D eigenvalue weighted by molar-refractivity contribution is 5.19. The van der Waals surface area contributed by atoms with Crippen molar-refractivity contribution in [3.05, 3.63) is 47.3 Å². The maximum Gasteiger partial charge on any atom is 0.161 e. The van der Waals surface area contributed by atoms with Crippen molar-refractivity contribution in [3.63, 3.8) is 0 Å². The predicted molar refractivity (Wildman–Crippen MR) is 62.7 cm³/mol. The Balaban J connectivity index is 1.86. The Kier molecular flexibility index (Phi) is 4.16. The molecule has 0 saturated heterocycles. The fraction of sp³-hybridized carbons (Fsp3) is 0.333. The van der Waals surface area contributed by atoms with Gasteiger partial charge in [0.1, 0.15) is 18.0 Å². The van der Waals surface area contributed by atoms with E-state index in [1.54, 1.807) is 10.9 Å². The van der Waals surface area contributed by atoms with Crippen molar-refractivity contribution in [2.24, 2.45) is 7.05 Å². The first kappa shape index (κ1) is 13.5. The monoisotopic (exact) mass is 270 g/mol. The number of halogens is 3. The summed E-state index contributed by atoms with van der Waals surface area (Å²) in [5, 5.41) is 10.6. The first-order valence-corrected chi connectivity index (χ1v) is 5.75. The van der Waals surface area contributed by atoms with Gasteiger partial charge in [-0.3, -0.25) is 0 Å². The number of hydrogen-bond acceptors (Lipinski definition) is 3. The Labute approximate surface area is 108 Å². The molecule has 2 rings (SSSR count). The van der Waals surface area contributed by atoms with Crippen molar-refractivity contribution < 1.29 is 13.2 Å². The Morgan fingerprint density at radius 3 is 2.58 bits per heavy atom. The van der Waals surface area contributed by atoms with E-state index in [-0.39, 0.29) is 12.1 Å². The average molecular weight is 270 g/mol. The van der Waals surface area contributed by atoms with Crippen LogP contribution in [0, 0.1) is 17.5 Å². The second-order valence-electron chi connectivity index (χ2n) is 4.14. The van der Waals surface area contributed by atoms with Crippen LogP contribution in [-0.2, 0) is 20.0 Å². The van der Waals surface area contributed by atoms with E-state index >= 15 is 0 Å². The molecule has 1 aromatic carbocycles. The molecule has 0 aliphatic carbocycles. The number of benzene rings is 1. The van der Waals surface area contributed by atoms with Gasteiger partial charge in [-0.1, -0.05) is 0 Å². The lowest BCUT2D eigenvalue weighted by atomic mass is 10.2. The van der Waals surface area contributed by atoms with Crippen LogP contribution in [0.5, 0.6) is 0 Å². The van der Waals surface area contributed by atoms with Gasteiger partial charge in [0.25, 0.3) is 0 Å². The molecule has 0 amide bonds. The summed E-state index contributed by atoms with van der Waals surface area (Å²) in [6.45, 7) is 0.659. The molecule has 1 heterocycles. The normalized spacial score (nSPS) is 10.9. The molecule has 0 saturated carbocycles. The Morgan fingerprint density at radius 2 is 1.89 bits per heavy atom. The topological polar surface area (TPSA) is 42.7 Å². The third-order valence-electron chi connectivity index (χ3n) is 2.74. The highest BCUT2D eigenvalue weighted by Gasteiger charge is 2.09. The summed E-state index contributed by atoms with van der Waals surface area (Å²) in [6, 6.07) is 1.41. The minimum absolute atomic E-state index is 0.0943. The third-order valence-corrected chi connectivity index (χ3v) is 2.74. The Bertz CT molecular complexity index is 568. The zero-order valence-electron chi connectivity index (χ0n) is 10.3. The SMILES string of the molecule is Cn1cnnc1CCNCc1cc(F)c(F)cc1F. The molecule has 0 radical (unpaired) electrons. The van der Waals surface area contributed by atoms with E-state index in [1.165, 1.54) is 0 Å². The second kappa shape index (κ2) is 5.83. The van der Waals surface area contributed by atoms with E-state index in [0.29, 0.717) is 19.0 Å². The quantitative estimate of drug-likeness (QED) is 0.662. The number of aryl methyl sites for hydroxylation is 1. The highest BCUT2D eigenvalue weighted by atomic mass is 19.2. The van der Waals surface area contributed by atoms with Gasteiger partial charge in [-0.05, 0) is 6.07 Å². The first-order chi connectivity index (χ1) is 9.08. The molecule has 2 aromatic rings. The third kappa shape index (κ3) is 3.31. The van der Waals surface area contributed by atoms with E-state index < -0.39 is 17.5 Å². The summed E-state index contributed by atoms with van der Waals surface area (Å²) in [7, 11) is 1.82. The molecule has 0 fully saturated rings. The van der Waals surface area contributed by atoms with Crippen molar-refractivity contribution in [1.29, 1.82) is 0 Å². The molecule has 4 nitrogen and oxygen atoms in total. The maximum absolute atomic E-state index is 13.3. The molecule has 0 bridgehead atoms. The fourth-order valence-corrected chi connectivity index (χ4v) is 1.66. The van der Waals surface area contributed by atoms with Gasteiger partial charge >= 0.3 is 0 Å². The van der Waals surface area contributed by atoms with Crippen LogP contribution < -0.4 is 5.32 Å². The molecule has 102 valence electrons. The fourth-order valence-electron chi connectivity index (χ4n) is 1.66. The van der Waals surface area contributed by atoms with Gasteiger partial charge < -0.3 is 9.88 Å². The summed E-state index contributed by atoms with van der Waals surface area (Å²) in [4.78, 5) is 0. The molecule has 1 N–H and O–H groups in total. The minimum Gasteiger partial charge on any atom is -0.321 e. The highest BCUT2D eigenvalue weighted by Crippen LogP contribution is 2.13. The van der Waals surface area contributed by atoms with Crippen molar-refractivity contribution >= 4 is 0 Å². The van der Waals surface area contributed by atoms with Crippen molar-refractivity contribution in [2.45, 2.75) is 13.0 Å². The lowest BCUT2D eigenvalue weighted by Crippen LogP contribution is -2.19. The molecule has 0 spiro atoms. The molecular formula is C12H13F3N4. The molecule has 0 atom stereocenters. The van der Waals surface area contributed by atoms with Crippen LogP contribution in [0.1, 0.15) is 11.4 Å². The summed E-state index contributed by atoms with van der Waals surface area (Å²) in [6.07, 6.45) is 2.20. The zero-order chi connectivity index (χ0) is 13.8. The van der Waals surface area contributed by atoms with Crippen LogP contribution in [0.25, 0.3) is 0 Å². The van der Waals surface area contributed by atoms with E-state index in [4.69, 9.17) is 0 Å². The van der Waals surface area contributed by atoms with Gasteiger partial charge in [-0.15, -0.1) is 10.2 Å². The van der Waals surface area contributed by atoms with E-state index in [0.717, 1.165) is 11.9 Å². The molecule has 0 unspecified atom stereocenters. The van der Waals surface area contributed by atoms with Crippen LogP contribution in [-0.4, -0.2) is 21.3 Å². The smallest absolute Gasteiger partial charge is 0.161 e. The van der Waals surface area contributed by atoms with Crippen LogP contribution >= 0.6 is 0 Å². The number of nitrogens with one attached hydrogen (secondary N) is 1. The van der Waals surface area contributed by atoms with E-state index in [2.05, 4.69) is 15.5 Å². The standard InChI is InChI=1S/C12H13F3N4/c1-19-7-17-18-12(19)2-3-16-6-8-4-10(14)11(15)5-9(8)13/h4-5,7,16H,2-3,6H2,1H3. The van der Waals surface area contributed by atoms with Crippen molar-refractivity contribution in [3.8, 4) is 0 Å². The van der Waals surface area contributed by atoms with Crippen LogP contribution in [0.4, 0.5) is 13.2 Å². The number of hydrogen-bond donors (Lipinski definition) is 1. The largest absolute Gasteiger partial charge is 0.321 e. The van der Waals surface area contributed by atoms with Gasteiger partial charge in [0.05, 0.1) is 0 Å². The molecular weight excluding hydrogens is 257 g/mol. The maximum atomic E-state index is 13.3. The summed E-state index contributed by atoms with van der Waals surface area (Å²) in [5.74, 6) is -2.20. The van der Waals surface area contributed by atoms with E-state index in [1.807, 2.05) is 7.05 Å². The van der Waals surface area contributed by atoms with Gasteiger partial charge in [-0.25, -0.2) is 13.2 Å². The van der Waals surface area contributed by atoms with E-state index in [9.17, 15) is 13.2 Å². The lowest BCUT2D eigenvalue weighted by Gasteiger charge is -2.06. The number of aromatic nitrogens is 3. The Morgan fingerprint density at radius 1 is 1.16 bits per heavy atom. The molecule has 1 aromatic heterocycles. The van der Waals surface area contributed by atoms with Gasteiger partial charge in [0.2, 0.25) is 0 Å². The summed E-state index contributed by atoms with van der Waals surface area (Å²) < 4.78 is 40.8. The zero-order valence-corrected chi connectivity index (χ0v) is 10.3. The average Bonchev–Trinajstić information content (AvgIpc) is 2.77. The van der Waals surface area contributed by atoms with Gasteiger partial charge in [-0.2, -0.15) is 0 Å².